The molecule has 0 radical (unpaired) electrons. The summed E-state index contributed by atoms with van der Waals surface area (Å²) in [6, 6.07) is 11.1. The van der Waals surface area contributed by atoms with Crippen LogP contribution >= 0.6 is 11.3 Å². The third kappa shape index (κ3) is 2.95. The van der Waals surface area contributed by atoms with Crippen LogP contribution in [-0.4, -0.2) is 16.0 Å². The molecule has 2 aromatic heterocycles. The van der Waals surface area contributed by atoms with Gasteiger partial charge in [-0.2, -0.15) is 0 Å². The highest BCUT2D eigenvalue weighted by atomic mass is 32.1. The number of anilines is 1. The van der Waals surface area contributed by atoms with Crippen molar-refractivity contribution in [1.29, 1.82) is 0 Å². The van der Waals surface area contributed by atoms with Gasteiger partial charge in [0.25, 0.3) is 0 Å². The van der Waals surface area contributed by atoms with Gasteiger partial charge in [0.05, 0.1) is 5.39 Å². The topological polar surface area (TPSA) is 37.8 Å². The van der Waals surface area contributed by atoms with E-state index < -0.39 is 0 Å². The minimum atomic E-state index is 0.394. The summed E-state index contributed by atoms with van der Waals surface area (Å²) in [4.78, 5) is 11.7. The molecule has 1 aliphatic rings. The van der Waals surface area contributed by atoms with Crippen LogP contribution in [0.15, 0.2) is 36.7 Å². The van der Waals surface area contributed by atoms with Gasteiger partial charge in [-0.15, -0.1) is 11.3 Å². The number of aryl methyl sites for hydroxylation is 3. The Kier molecular flexibility index (Phi) is 4.00. The molecule has 23 heavy (non-hydrogen) atoms. The minimum absolute atomic E-state index is 0.394. The van der Waals surface area contributed by atoms with Gasteiger partial charge in [-0.3, -0.25) is 0 Å². The number of thiophene rings is 1. The van der Waals surface area contributed by atoms with Crippen molar-refractivity contribution >= 4 is 27.4 Å². The van der Waals surface area contributed by atoms with E-state index in [0.29, 0.717) is 6.04 Å². The summed E-state index contributed by atoms with van der Waals surface area (Å²) < 4.78 is 0. The van der Waals surface area contributed by atoms with Crippen molar-refractivity contribution in [3.05, 3.63) is 52.7 Å². The van der Waals surface area contributed by atoms with Crippen LogP contribution in [0.5, 0.6) is 0 Å². The number of rotatable bonds is 5. The summed E-state index contributed by atoms with van der Waals surface area (Å²) in [6.45, 7) is 2.24. The summed E-state index contributed by atoms with van der Waals surface area (Å²) in [5.74, 6) is 1.02. The third-order valence-electron chi connectivity index (χ3n) is 4.59. The largest absolute Gasteiger partial charge is 0.367 e. The molecular formula is C19H21N3S. The Morgan fingerprint density at radius 1 is 1.17 bits per heavy atom. The number of hydrogen-bond donors (Lipinski definition) is 1. The Labute approximate surface area is 140 Å². The monoisotopic (exact) mass is 323 g/mol. The smallest absolute Gasteiger partial charge is 0.138 e. The van der Waals surface area contributed by atoms with Crippen LogP contribution < -0.4 is 5.32 Å². The van der Waals surface area contributed by atoms with Crippen LogP contribution in [0.25, 0.3) is 10.2 Å². The molecule has 0 spiro atoms. The van der Waals surface area contributed by atoms with Crippen LogP contribution in [0, 0.1) is 0 Å². The molecule has 1 aromatic carbocycles. The molecule has 0 saturated carbocycles. The van der Waals surface area contributed by atoms with Crippen LogP contribution in [0.4, 0.5) is 5.82 Å². The predicted molar refractivity (Wildman–Crippen MR) is 97.3 cm³/mol. The summed E-state index contributed by atoms with van der Waals surface area (Å²) in [5, 5.41) is 4.90. The lowest BCUT2D eigenvalue weighted by atomic mass is 10.1. The van der Waals surface area contributed by atoms with Crippen molar-refractivity contribution in [2.45, 2.75) is 45.1 Å². The lowest BCUT2D eigenvalue weighted by molar-refractivity contribution is 0.703. The van der Waals surface area contributed by atoms with Gasteiger partial charge in [0.15, 0.2) is 0 Å². The molecule has 1 unspecified atom stereocenters. The molecule has 2 heterocycles. The molecule has 4 heteroatoms. The average Bonchev–Trinajstić information content (AvgIpc) is 3.15. The van der Waals surface area contributed by atoms with Crippen molar-refractivity contribution in [3.8, 4) is 0 Å². The molecule has 3 nitrogen and oxygen atoms in total. The predicted octanol–water partition coefficient (Wildman–Crippen LogP) is 4.61. The van der Waals surface area contributed by atoms with Crippen molar-refractivity contribution in [2.75, 3.05) is 5.32 Å². The van der Waals surface area contributed by atoms with Crippen LogP contribution in [-0.2, 0) is 19.3 Å². The first-order valence-corrected chi connectivity index (χ1v) is 9.18. The van der Waals surface area contributed by atoms with Crippen molar-refractivity contribution in [2.24, 2.45) is 0 Å². The Balaban J connectivity index is 1.51. The normalized spacial score (nSPS) is 14.8. The fourth-order valence-electron chi connectivity index (χ4n) is 3.37. The maximum atomic E-state index is 4.54. The number of nitrogens with zero attached hydrogens (tertiary/aromatic N) is 2. The third-order valence-corrected chi connectivity index (χ3v) is 5.79. The second-order valence-electron chi connectivity index (χ2n) is 6.33. The van der Waals surface area contributed by atoms with E-state index in [1.807, 2.05) is 11.3 Å². The first kappa shape index (κ1) is 14.6. The van der Waals surface area contributed by atoms with E-state index in [2.05, 4.69) is 52.5 Å². The first-order chi connectivity index (χ1) is 11.3. The number of fused-ring (bicyclic) bond motifs is 3. The minimum Gasteiger partial charge on any atom is -0.367 e. The summed E-state index contributed by atoms with van der Waals surface area (Å²) in [7, 11) is 0. The fraction of sp³-hybridized carbons (Fsp3) is 0.368. The molecule has 1 atom stereocenters. The highest BCUT2D eigenvalue weighted by molar-refractivity contribution is 7.19. The zero-order valence-corrected chi connectivity index (χ0v) is 14.2. The van der Waals surface area contributed by atoms with Gasteiger partial charge in [-0.1, -0.05) is 30.3 Å². The zero-order valence-electron chi connectivity index (χ0n) is 13.4. The van der Waals surface area contributed by atoms with Gasteiger partial charge in [-0.25, -0.2) is 9.97 Å². The number of benzene rings is 1. The Morgan fingerprint density at radius 2 is 2.04 bits per heavy atom. The summed E-state index contributed by atoms with van der Waals surface area (Å²) in [6.07, 6.45) is 7.54. The van der Waals surface area contributed by atoms with Crippen LogP contribution in [0.3, 0.4) is 0 Å². The van der Waals surface area contributed by atoms with Crippen molar-refractivity contribution < 1.29 is 0 Å². The van der Waals surface area contributed by atoms with E-state index in [1.165, 1.54) is 40.7 Å². The van der Waals surface area contributed by atoms with Gasteiger partial charge in [0, 0.05) is 10.9 Å². The van der Waals surface area contributed by atoms with Gasteiger partial charge >= 0.3 is 0 Å². The summed E-state index contributed by atoms with van der Waals surface area (Å²) in [5.41, 5.74) is 2.88. The lowest BCUT2D eigenvalue weighted by Gasteiger charge is -2.15. The van der Waals surface area contributed by atoms with Gasteiger partial charge in [0.1, 0.15) is 17.0 Å². The number of hydrogen-bond acceptors (Lipinski definition) is 4. The fourth-order valence-corrected chi connectivity index (χ4v) is 4.60. The molecule has 1 aliphatic carbocycles. The lowest BCUT2D eigenvalue weighted by Crippen LogP contribution is -2.17. The molecule has 0 saturated heterocycles. The molecule has 0 bridgehead atoms. The standard InChI is InChI=1S/C19H21N3S/c1-13(10-11-14-6-3-2-4-7-14)22-18-17-15-8-5-9-16(15)23-19(17)21-12-20-18/h2-4,6-7,12-13H,5,8-11H2,1H3,(H,20,21,22). The van der Waals surface area contributed by atoms with E-state index in [0.717, 1.165) is 23.5 Å². The van der Waals surface area contributed by atoms with Gasteiger partial charge in [-0.05, 0) is 50.2 Å². The second-order valence-corrected chi connectivity index (χ2v) is 7.41. The first-order valence-electron chi connectivity index (χ1n) is 8.37. The Morgan fingerprint density at radius 3 is 2.91 bits per heavy atom. The maximum Gasteiger partial charge on any atom is 0.138 e. The quantitative estimate of drug-likeness (QED) is 0.745. The number of nitrogens with one attached hydrogen (secondary N) is 1. The van der Waals surface area contributed by atoms with Gasteiger partial charge < -0.3 is 5.32 Å². The molecular weight excluding hydrogens is 302 g/mol. The van der Waals surface area contributed by atoms with Crippen molar-refractivity contribution in [1.82, 2.24) is 9.97 Å². The second kappa shape index (κ2) is 6.28. The summed E-state index contributed by atoms with van der Waals surface area (Å²) >= 11 is 1.85. The maximum absolute atomic E-state index is 4.54. The molecule has 1 N–H and O–H groups in total. The molecule has 3 aromatic rings. The van der Waals surface area contributed by atoms with E-state index in [4.69, 9.17) is 0 Å². The van der Waals surface area contributed by atoms with Gasteiger partial charge in [0.2, 0.25) is 0 Å². The number of aromatic nitrogens is 2. The molecule has 0 fully saturated rings. The highest BCUT2D eigenvalue weighted by Gasteiger charge is 2.21. The molecule has 118 valence electrons. The van der Waals surface area contributed by atoms with E-state index in [1.54, 1.807) is 6.33 Å². The van der Waals surface area contributed by atoms with E-state index in [-0.39, 0.29) is 0 Å². The van der Waals surface area contributed by atoms with E-state index in [9.17, 15) is 0 Å². The van der Waals surface area contributed by atoms with Crippen LogP contribution in [0.1, 0.15) is 35.8 Å². The average molecular weight is 323 g/mol. The van der Waals surface area contributed by atoms with E-state index >= 15 is 0 Å². The molecule has 4 rings (SSSR count). The SMILES string of the molecule is CC(CCc1ccccc1)Nc1ncnc2sc3c(c12)CCC3. The highest BCUT2D eigenvalue weighted by Crippen LogP contribution is 2.39. The molecule has 0 aliphatic heterocycles. The molecule has 0 amide bonds. The van der Waals surface area contributed by atoms with Crippen LogP contribution in [0.2, 0.25) is 0 Å². The Bertz CT molecular complexity index is 810. The zero-order chi connectivity index (χ0) is 15.6. The Hall–Kier alpha value is -1.94. The van der Waals surface area contributed by atoms with Crippen molar-refractivity contribution in [3.63, 3.8) is 0 Å².